The normalized spacial score (nSPS) is 22.7. The van der Waals surface area contributed by atoms with Gasteiger partial charge in [0.25, 0.3) is 5.91 Å². The highest BCUT2D eigenvalue weighted by molar-refractivity contribution is 6.03. The van der Waals surface area contributed by atoms with Crippen LogP contribution < -0.4 is 4.74 Å². The molecule has 23 heavy (non-hydrogen) atoms. The number of methoxy groups -OCH3 is 1. The summed E-state index contributed by atoms with van der Waals surface area (Å²) in [5.74, 6) is 0.127. The fourth-order valence-electron chi connectivity index (χ4n) is 3.06. The number of nitrogens with zero attached hydrogens (tertiary/aromatic N) is 2. The van der Waals surface area contributed by atoms with E-state index in [1.165, 1.54) is 13.2 Å². The van der Waals surface area contributed by atoms with Crippen LogP contribution in [0.3, 0.4) is 0 Å². The van der Waals surface area contributed by atoms with Crippen LogP contribution in [0.1, 0.15) is 43.0 Å². The van der Waals surface area contributed by atoms with Crippen molar-refractivity contribution in [3.63, 3.8) is 0 Å². The van der Waals surface area contributed by atoms with E-state index in [0.29, 0.717) is 17.9 Å². The number of aromatic hydroxyl groups is 1. The zero-order chi connectivity index (χ0) is 16.4. The molecule has 0 unspecified atom stereocenters. The number of rotatable bonds is 5. The summed E-state index contributed by atoms with van der Waals surface area (Å²) in [6, 6.07) is 2.96. The smallest absolute Gasteiger partial charge is 0.258 e. The summed E-state index contributed by atoms with van der Waals surface area (Å²) < 4.78 is 11.0. The number of hydrogen-bond donors (Lipinski definition) is 1. The lowest BCUT2D eigenvalue weighted by Crippen LogP contribution is -2.42. The molecule has 3 rings (SSSR count). The Morgan fingerprint density at radius 2 is 2.22 bits per heavy atom. The van der Waals surface area contributed by atoms with Crippen LogP contribution in [0.5, 0.6) is 11.5 Å². The first kappa shape index (κ1) is 15.8. The summed E-state index contributed by atoms with van der Waals surface area (Å²) in [4.78, 5) is 19.1. The van der Waals surface area contributed by atoms with Crippen molar-refractivity contribution in [3.8, 4) is 11.5 Å². The van der Waals surface area contributed by atoms with E-state index in [4.69, 9.17) is 9.47 Å². The minimum absolute atomic E-state index is 0.0194. The third-order valence-corrected chi connectivity index (χ3v) is 4.33. The molecule has 1 aromatic rings. The predicted molar refractivity (Wildman–Crippen MR) is 86.7 cm³/mol. The maximum absolute atomic E-state index is 13.0. The number of phenols is 1. The Hall–Kier alpha value is -2.08. The maximum atomic E-state index is 13.0. The Bertz CT molecular complexity index is 629. The van der Waals surface area contributed by atoms with E-state index < -0.39 is 0 Å². The summed E-state index contributed by atoms with van der Waals surface area (Å²) in [6.45, 7) is 2.76. The number of aliphatic imine (C=N–C) groups is 1. The van der Waals surface area contributed by atoms with Gasteiger partial charge in [-0.2, -0.15) is 0 Å². The molecule has 124 valence electrons. The number of fused-ring (bicyclic) bond motifs is 2. The Kier molecular flexibility index (Phi) is 4.52. The molecule has 1 fully saturated rings. The number of ether oxygens (including phenoxy) is 2. The van der Waals surface area contributed by atoms with Crippen molar-refractivity contribution in [1.82, 2.24) is 4.90 Å². The number of hydrogen-bond acceptors (Lipinski definition) is 5. The summed E-state index contributed by atoms with van der Waals surface area (Å²) in [6.07, 6.45) is 5.26. The number of unbranched alkanes of at least 4 members (excludes halogenated alkanes) is 1. The lowest BCUT2D eigenvalue weighted by molar-refractivity contribution is -0.0296. The number of carbonyl (C=O) groups is 1. The first-order valence-corrected chi connectivity index (χ1v) is 8.05. The van der Waals surface area contributed by atoms with Crippen LogP contribution in [0.2, 0.25) is 0 Å². The fraction of sp³-hybridized carbons (Fsp3) is 0.529. The topological polar surface area (TPSA) is 71.4 Å². The van der Waals surface area contributed by atoms with Crippen LogP contribution in [0, 0.1) is 0 Å². The molecule has 0 aromatic heterocycles. The Morgan fingerprint density at radius 1 is 1.39 bits per heavy atom. The molecule has 1 aromatic carbocycles. The molecule has 0 spiro atoms. The number of amides is 1. The van der Waals surface area contributed by atoms with Crippen molar-refractivity contribution in [3.05, 3.63) is 17.7 Å². The van der Waals surface area contributed by atoms with Gasteiger partial charge in [-0.1, -0.05) is 13.3 Å². The molecule has 0 radical (unpaired) electrons. The standard InChI is InChI=1S/C17H22N2O4/c1-3-4-7-23-16-6-5-11-10-18-13-9-14(20)15(22-2)8-12(13)17(21)19(11)16/h8-11,16,20H,3-7H2,1-2H3/t11-,16+/m0/s1. The third-order valence-electron chi connectivity index (χ3n) is 4.33. The SMILES string of the molecule is CCCCO[C@@H]1CC[C@H]2C=Nc3cc(O)c(OC)cc3C(=O)N21. The van der Waals surface area contributed by atoms with Gasteiger partial charge < -0.3 is 19.5 Å². The van der Waals surface area contributed by atoms with E-state index >= 15 is 0 Å². The monoisotopic (exact) mass is 318 g/mol. The largest absolute Gasteiger partial charge is 0.504 e. The number of benzene rings is 1. The lowest BCUT2D eigenvalue weighted by Gasteiger charge is -2.27. The van der Waals surface area contributed by atoms with Gasteiger partial charge in [-0.05, 0) is 25.3 Å². The Labute approximate surface area is 135 Å². The lowest BCUT2D eigenvalue weighted by atomic mass is 10.1. The molecule has 2 aliphatic heterocycles. The van der Waals surface area contributed by atoms with Crippen LogP contribution in [0.15, 0.2) is 17.1 Å². The third kappa shape index (κ3) is 2.91. The minimum Gasteiger partial charge on any atom is -0.504 e. The molecule has 1 N–H and O–H groups in total. The molecule has 0 saturated carbocycles. The van der Waals surface area contributed by atoms with Gasteiger partial charge in [0.15, 0.2) is 11.5 Å². The molecule has 6 heteroatoms. The summed E-state index contributed by atoms with van der Waals surface area (Å²) in [5.41, 5.74) is 0.902. The maximum Gasteiger partial charge on any atom is 0.258 e. The second-order valence-corrected chi connectivity index (χ2v) is 5.86. The second kappa shape index (κ2) is 6.58. The predicted octanol–water partition coefficient (Wildman–Crippen LogP) is 2.86. The van der Waals surface area contributed by atoms with Crippen molar-refractivity contribution >= 4 is 17.8 Å². The van der Waals surface area contributed by atoms with Gasteiger partial charge in [0, 0.05) is 18.9 Å². The van der Waals surface area contributed by atoms with Gasteiger partial charge in [0.05, 0.1) is 24.4 Å². The van der Waals surface area contributed by atoms with E-state index in [2.05, 4.69) is 11.9 Å². The quantitative estimate of drug-likeness (QED) is 0.847. The molecule has 0 bridgehead atoms. The van der Waals surface area contributed by atoms with Crippen molar-refractivity contribution in [2.45, 2.75) is 44.9 Å². The molecule has 1 saturated heterocycles. The van der Waals surface area contributed by atoms with E-state index in [9.17, 15) is 9.90 Å². The molecule has 0 aliphatic carbocycles. The van der Waals surface area contributed by atoms with E-state index in [1.807, 2.05) is 0 Å². The fourth-order valence-corrected chi connectivity index (χ4v) is 3.06. The van der Waals surface area contributed by atoms with E-state index in [0.717, 1.165) is 25.7 Å². The van der Waals surface area contributed by atoms with Crippen molar-refractivity contribution < 1.29 is 19.4 Å². The van der Waals surface area contributed by atoms with Gasteiger partial charge in [0.2, 0.25) is 0 Å². The zero-order valence-corrected chi connectivity index (χ0v) is 13.5. The van der Waals surface area contributed by atoms with Crippen molar-refractivity contribution in [2.24, 2.45) is 4.99 Å². The molecular formula is C17H22N2O4. The van der Waals surface area contributed by atoms with Crippen molar-refractivity contribution in [1.29, 1.82) is 0 Å². The average molecular weight is 318 g/mol. The van der Waals surface area contributed by atoms with Crippen LogP contribution in [0.25, 0.3) is 0 Å². The average Bonchev–Trinajstić information content (AvgIpc) is 2.89. The highest BCUT2D eigenvalue weighted by Gasteiger charge is 2.39. The van der Waals surface area contributed by atoms with Gasteiger partial charge in [0.1, 0.15) is 6.23 Å². The van der Waals surface area contributed by atoms with Crippen LogP contribution in [-0.2, 0) is 4.74 Å². The van der Waals surface area contributed by atoms with Crippen LogP contribution in [0.4, 0.5) is 5.69 Å². The second-order valence-electron chi connectivity index (χ2n) is 5.86. The molecule has 2 aliphatic rings. The molecular weight excluding hydrogens is 296 g/mol. The van der Waals surface area contributed by atoms with Crippen molar-refractivity contribution in [2.75, 3.05) is 13.7 Å². The van der Waals surface area contributed by atoms with E-state index in [-0.39, 0.29) is 29.7 Å². The van der Waals surface area contributed by atoms with Gasteiger partial charge >= 0.3 is 0 Å². The Morgan fingerprint density at radius 3 is 2.96 bits per heavy atom. The molecule has 2 heterocycles. The number of phenolic OH excluding ortho intramolecular Hbond substituents is 1. The number of carbonyl (C=O) groups excluding carboxylic acids is 1. The first-order chi connectivity index (χ1) is 11.2. The zero-order valence-electron chi connectivity index (χ0n) is 13.5. The van der Waals surface area contributed by atoms with E-state index in [1.54, 1.807) is 17.2 Å². The van der Waals surface area contributed by atoms with Gasteiger partial charge in [-0.25, -0.2) is 0 Å². The molecule has 1 amide bonds. The Balaban J connectivity index is 1.90. The highest BCUT2D eigenvalue weighted by atomic mass is 16.5. The van der Waals surface area contributed by atoms with Crippen LogP contribution >= 0.6 is 0 Å². The minimum atomic E-state index is -0.212. The van der Waals surface area contributed by atoms with Crippen LogP contribution in [-0.4, -0.2) is 48.1 Å². The summed E-state index contributed by atoms with van der Waals surface area (Å²) in [5, 5.41) is 9.89. The molecule has 6 nitrogen and oxygen atoms in total. The summed E-state index contributed by atoms with van der Waals surface area (Å²) >= 11 is 0. The first-order valence-electron chi connectivity index (χ1n) is 8.05. The molecule has 2 atom stereocenters. The summed E-state index contributed by atoms with van der Waals surface area (Å²) in [7, 11) is 1.46. The van der Waals surface area contributed by atoms with Gasteiger partial charge in [-0.3, -0.25) is 9.79 Å². The van der Waals surface area contributed by atoms with Gasteiger partial charge in [-0.15, -0.1) is 0 Å². The highest BCUT2D eigenvalue weighted by Crippen LogP contribution is 2.38.